The monoisotopic (exact) mass is 342 g/mol. The van der Waals surface area contributed by atoms with Crippen LogP contribution in [0, 0.1) is 17.8 Å². The second-order valence-corrected chi connectivity index (χ2v) is 7.51. The molecule has 0 radical (unpaired) electrons. The van der Waals surface area contributed by atoms with Crippen molar-refractivity contribution in [3.05, 3.63) is 30.5 Å². The third-order valence-electron chi connectivity index (χ3n) is 5.05. The Morgan fingerprint density at radius 3 is 2.48 bits per heavy atom. The largest absolute Gasteiger partial charge is 0.481 e. The third-order valence-corrected chi connectivity index (χ3v) is 5.05. The van der Waals surface area contributed by atoms with Crippen LogP contribution in [0.5, 0.6) is 0 Å². The first-order chi connectivity index (χ1) is 11.9. The predicted octanol–water partition coefficient (Wildman–Crippen LogP) is 4.13. The molecule has 2 aromatic rings. The summed E-state index contributed by atoms with van der Waals surface area (Å²) in [6.07, 6.45) is 4.56. The van der Waals surface area contributed by atoms with Gasteiger partial charge in [0.2, 0.25) is 5.91 Å². The third kappa shape index (κ3) is 4.03. The van der Waals surface area contributed by atoms with Crippen LogP contribution in [0.25, 0.3) is 10.9 Å². The summed E-state index contributed by atoms with van der Waals surface area (Å²) in [6.45, 7) is 5.36. The van der Waals surface area contributed by atoms with Gasteiger partial charge >= 0.3 is 5.97 Å². The van der Waals surface area contributed by atoms with E-state index in [0.29, 0.717) is 31.6 Å². The highest BCUT2D eigenvalue weighted by Gasteiger charge is 2.29. The lowest BCUT2D eigenvalue weighted by atomic mass is 9.81. The molecule has 0 bridgehead atoms. The maximum atomic E-state index is 12.5. The number of nitrogens with one attached hydrogen (secondary N) is 1. The number of nitrogens with zero attached hydrogens (tertiary/aromatic N) is 1. The van der Waals surface area contributed by atoms with Crippen LogP contribution in [0.15, 0.2) is 30.5 Å². The highest BCUT2D eigenvalue weighted by Crippen LogP contribution is 2.30. The van der Waals surface area contributed by atoms with E-state index in [1.54, 1.807) is 0 Å². The van der Waals surface area contributed by atoms with E-state index in [9.17, 15) is 9.59 Å². The number of aliphatic carboxylic acids is 1. The number of hydrogen-bond donors (Lipinski definition) is 2. The van der Waals surface area contributed by atoms with Crippen molar-refractivity contribution in [2.24, 2.45) is 17.8 Å². The van der Waals surface area contributed by atoms with E-state index in [-0.39, 0.29) is 17.7 Å². The molecule has 134 valence electrons. The first-order valence-corrected chi connectivity index (χ1v) is 9.06. The molecular weight excluding hydrogens is 316 g/mol. The number of carboxylic acids is 1. The van der Waals surface area contributed by atoms with E-state index in [2.05, 4.69) is 42.1 Å². The fourth-order valence-electron chi connectivity index (χ4n) is 3.68. The van der Waals surface area contributed by atoms with Crippen molar-refractivity contribution >= 4 is 28.5 Å². The average Bonchev–Trinajstić information content (AvgIpc) is 2.96. The van der Waals surface area contributed by atoms with Crippen LogP contribution in [-0.4, -0.2) is 21.6 Å². The molecule has 0 saturated heterocycles. The first kappa shape index (κ1) is 17.5. The van der Waals surface area contributed by atoms with Gasteiger partial charge in [-0.05, 0) is 55.9 Å². The minimum atomic E-state index is -0.741. The number of aromatic nitrogens is 1. The molecule has 1 aromatic carbocycles. The van der Waals surface area contributed by atoms with Crippen LogP contribution in [0.4, 0.5) is 5.69 Å². The molecule has 0 aliphatic heterocycles. The SMILES string of the molecule is CC(C)Cn1ccc2cc(NC(=O)C3CCC(C(=O)O)CC3)ccc21. The second-order valence-electron chi connectivity index (χ2n) is 7.51. The number of rotatable bonds is 5. The zero-order chi connectivity index (χ0) is 18.0. The number of carbonyl (C=O) groups excluding carboxylic acids is 1. The summed E-state index contributed by atoms with van der Waals surface area (Å²) in [5.74, 6) is -0.533. The molecule has 5 nitrogen and oxygen atoms in total. The quantitative estimate of drug-likeness (QED) is 0.858. The van der Waals surface area contributed by atoms with Gasteiger partial charge in [0, 0.05) is 35.2 Å². The van der Waals surface area contributed by atoms with Gasteiger partial charge < -0.3 is 15.0 Å². The Balaban J connectivity index is 1.65. The molecule has 1 aliphatic rings. The van der Waals surface area contributed by atoms with E-state index in [4.69, 9.17) is 5.11 Å². The number of hydrogen-bond acceptors (Lipinski definition) is 2. The Kier molecular flexibility index (Phi) is 5.11. The van der Waals surface area contributed by atoms with Gasteiger partial charge in [-0.25, -0.2) is 0 Å². The van der Waals surface area contributed by atoms with Gasteiger partial charge in [-0.3, -0.25) is 9.59 Å². The zero-order valence-electron chi connectivity index (χ0n) is 14.9. The molecule has 0 unspecified atom stereocenters. The van der Waals surface area contributed by atoms with Gasteiger partial charge in [-0.15, -0.1) is 0 Å². The highest BCUT2D eigenvalue weighted by atomic mass is 16.4. The predicted molar refractivity (Wildman–Crippen MR) is 98.5 cm³/mol. The van der Waals surface area contributed by atoms with Crippen LogP contribution in [0.3, 0.4) is 0 Å². The Bertz CT molecular complexity index is 770. The Hall–Kier alpha value is -2.30. The number of amides is 1. The molecule has 1 amide bonds. The van der Waals surface area contributed by atoms with Crippen molar-refractivity contribution in [1.29, 1.82) is 0 Å². The van der Waals surface area contributed by atoms with Crippen LogP contribution in [-0.2, 0) is 16.1 Å². The molecule has 1 fully saturated rings. The fourth-order valence-corrected chi connectivity index (χ4v) is 3.68. The van der Waals surface area contributed by atoms with E-state index >= 15 is 0 Å². The molecule has 25 heavy (non-hydrogen) atoms. The molecule has 1 aliphatic carbocycles. The molecule has 1 saturated carbocycles. The zero-order valence-corrected chi connectivity index (χ0v) is 14.9. The van der Waals surface area contributed by atoms with Gasteiger partial charge in [0.15, 0.2) is 0 Å². The van der Waals surface area contributed by atoms with Gasteiger partial charge in [0.25, 0.3) is 0 Å². The van der Waals surface area contributed by atoms with Crippen molar-refractivity contribution in [2.45, 2.75) is 46.1 Å². The van der Waals surface area contributed by atoms with E-state index < -0.39 is 5.97 Å². The molecule has 1 heterocycles. The van der Waals surface area contributed by atoms with Gasteiger partial charge in [-0.1, -0.05) is 13.8 Å². The summed E-state index contributed by atoms with van der Waals surface area (Å²) < 4.78 is 2.23. The summed E-state index contributed by atoms with van der Waals surface area (Å²) in [7, 11) is 0. The van der Waals surface area contributed by atoms with Crippen LogP contribution < -0.4 is 5.32 Å². The van der Waals surface area contributed by atoms with Crippen molar-refractivity contribution in [3.8, 4) is 0 Å². The number of fused-ring (bicyclic) bond motifs is 1. The maximum absolute atomic E-state index is 12.5. The molecule has 3 rings (SSSR count). The van der Waals surface area contributed by atoms with Gasteiger partial charge in [-0.2, -0.15) is 0 Å². The molecule has 2 N–H and O–H groups in total. The van der Waals surface area contributed by atoms with Gasteiger partial charge in [0.1, 0.15) is 0 Å². The normalized spacial score (nSPS) is 20.8. The smallest absolute Gasteiger partial charge is 0.306 e. The minimum Gasteiger partial charge on any atom is -0.481 e. The lowest BCUT2D eigenvalue weighted by molar-refractivity contribution is -0.143. The van der Waals surface area contributed by atoms with Crippen molar-refractivity contribution in [1.82, 2.24) is 4.57 Å². The Morgan fingerprint density at radius 2 is 1.84 bits per heavy atom. The van der Waals surface area contributed by atoms with Crippen LogP contribution in [0.2, 0.25) is 0 Å². The van der Waals surface area contributed by atoms with E-state index in [0.717, 1.165) is 17.6 Å². The summed E-state index contributed by atoms with van der Waals surface area (Å²) >= 11 is 0. The summed E-state index contributed by atoms with van der Waals surface area (Å²) in [5.41, 5.74) is 1.98. The van der Waals surface area contributed by atoms with Crippen molar-refractivity contribution in [3.63, 3.8) is 0 Å². The lowest BCUT2D eigenvalue weighted by Gasteiger charge is -2.25. The summed E-state index contributed by atoms with van der Waals surface area (Å²) in [6, 6.07) is 8.08. The fraction of sp³-hybridized carbons (Fsp3) is 0.500. The molecule has 0 spiro atoms. The molecular formula is C20H26N2O3. The topological polar surface area (TPSA) is 71.3 Å². The number of carbonyl (C=O) groups is 2. The van der Waals surface area contributed by atoms with Gasteiger partial charge in [0.05, 0.1) is 5.92 Å². The van der Waals surface area contributed by atoms with E-state index in [1.165, 1.54) is 5.52 Å². The van der Waals surface area contributed by atoms with Crippen LogP contribution >= 0.6 is 0 Å². The Morgan fingerprint density at radius 1 is 1.16 bits per heavy atom. The summed E-state index contributed by atoms with van der Waals surface area (Å²) in [4.78, 5) is 23.5. The number of anilines is 1. The molecule has 1 aromatic heterocycles. The highest BCUT2D eigenvalue weighted by molar-refractivity contribution is 5.95. The maximum Gasteiger partial charge on any atom is 0.306 e. The number of benzene rings is 1. The lowest BCUT2D eigenvalue weighted by Crippen LogP contribution is -2.29. The molecule has 0 atom stereocenters. The molecule has 5 heteroatoms. The van der Waals surface area contributed by atoms with Crippen molar-refractivity contribution in [2.75, 3.05) is 5.32 Å². The van der Waals surface area contributed by atoms with Crippen molar-refractivity contribution < 1.29 is 14.7 Å². The Labute approximate surface area is 148 Å². The van der Waals surface area contributed by atoms with Crippen LogP contribution in [0.1, 0.15) is 39.5 Å². The summed E-state index contributed by atoms with van der Waals surface area (Å²) in [5, 5.41) is 13.2. The average molecular weight is 342 g/mol. The standard InChI is InChI=1S/C20H26N2O3/c1-13(2)12-22-10-9-16-11-17(7-8-18(16)22)21-19(23)14-3-5-15(6-4-14)20(24)25/h7-11,13-15H,3-6,12H2,1-2H3,(H,21,23)(H,24,25). The second kappa shape index (κ2) is 7.30. The first-order valence-electron chi connectivity index (χ1n) is 9.06. The van der Waals surface area contributed by atoms with E-state index in [1.807, 2.05) is 12.1 Å². The minimum absolute atomic E-state index is 0.00445. The number of carboxylic acid groups (broad SMARTS) is 1.